The fourth-order valence-electron chi connectivity index (χ4n) is 3.24. The summed E-state index contributed by atoms with van der Waals surface area (Å²) < 4.78 is 46.0. The summed E-state index contributed by atoms with van der Waals surface area (Å²) in [5.74, 6) is -0.443. The SMILES string of the molecule is COc1ccc(F)cc1S(=O)(=O)N1CCN(c2cccc(C)c2C)CC1. The molecule has 0 aliphatic carbocycles. The third-order valence-electron chi connectivity index (χ3n) is 4.90. The number of hydrogen-bond acceptors (Lipinski definition) is 4. The van der Waals surface area contributed by atoms with Gasteiger partial charge < -0.3 is 9.64 Å². The fourth-order valence-corrected chi connectivity index (χ4v) is 4.83. The number of anilines is 1. The van der Waals surface area contributed by atoms with Crippen LogP contribution in [-0.2, 0) is 10.0 Å². The summed E-state index contributed by atoms with van der Waals surface area (Å²) >= 11 is 0. The van der Waals surface area contributed by atoms with Crippen molar-refractivity contribution in [3.63, 3.8) is 0 Å². The van der Waals surface area contributed by atoms with Gasteiger partial charge in [-0.3, -0.25) is 0 Å². The van der Waals surface area contributed by atoms with Gasteiger partial charge in [0.25, 0.3) is 0 Å². The molecule has 0 atom stereocenters. The minimum absolute atomic E-state index is 0.125. The van der Waals surface area contributed by atoms with Gasteiger partial charge in [0.05, 0.1) is 7.11 Å². The van der Waals surface area contributed by atoms with Gasteiger partial charge in [0, 0.05) is 31.9 Å². The van der Waals surface area contributed by atoms with Gasteiger partial charge in [-0.05, 0) is 49.2 Å². The highest BCUT2D eigenvalue weighted by atomic mass is 32.2. The van der Waals surface area contributed by atoms with Crippen LogP contribution >= 0.6 is 0 Å². The Bertz CT molecular complexity index is 907. The Balaban J connectivity index is 1.81. The van der Waals surface area contributed by atoms with E-state index in [1.54, 1.807) is 0 Å². The molecule has 1 saturated heterocycles. The largest absolute Gasteiger partial charge is 0.495 e. The second kappa shape index (κ2) is 7.25. The highest BCUT2D eigenvalue weighted by Gasteiger charge is 2.31. The zero-order chi connectivity index (χ0) is 18.9. The summed E-state index contributed by atoms with van der Waals surface area (Å²) in [6.45, 7) is 5.99. The maximum absolute atomic E-state index is 13.6. The normalized spacial score (nSPS) is 15.9. The number of ether oxygens (including phenoxy) is 1. The number of benzene rings is 2. The maximum atomic E-state index is 13.6. The van der Waals surface area contributed by atoms with Crippen LogP contribution in [0.25, 0.3) is 0 Å². The van der Waals surface area contributed by atoms with E-state index in [2.05, 4.69) is 30.9 Å². The molecule has 1 aliphatic rings. The first-order chi connectivity index (χ1) is 12.3. The maximum Gasteiger partial charge on any atom is 0.246 e. The fraction of sp³-hybridized carbons (Fsp3) is 0.368. The number of halogens is 1. The van der Waals surface area contributed by atoms with Crippen molar-refractivity contribution in [2.24, 2.45) is 0 Å². The van der Waals surface area contributed by atoms with Crippen LogP contribution in [0.4, 0.5) is 10.1 Å². The molecule has 7 heteroatoms. The van der Waals surface area contributed by atoms with Gasteiger partial charge in [0.15, 0.2) is 0 Å². The van der Waals surface area contributed by atoms with Crippen molar-refractivity contribution in [2.45, 2.75) is 18.7 Å². The number of aryl methyl sites for hydroxylation is 1. The van der Waals surface area contributed by atoms with Crippen LogP contribution in [0.5, 0.6) is 5.75 Å². The van der Waals surface area contributed by atoms with Gasteiger partial charge in [0.2, 0.25) is 10.0 Å². The van der Waals surface area contributed by atoms with Gasteiger partial charge in [0.1, 0.15) is 16.5 Å². The number of sulfonamides is 1. The van der Waals surface area contributed by atoms with E-state index in [4.69, 9.17) is 4.74 Å². The van der Waals surface area contributed by atoms with Crippen LogP contribution < -0.4 is 9.64 Å². The van der Waals surface area contributed by atoms with Crippen LogP contribution in [0.15, 0.2) is 41.3 Å². The average molecular weight is 378 g/mol. The Hall–Kier alpha value is -2.12. The topological polar surface area (TPSA) is 49.9 Å². The molecule has 0 unspecified atom stereocenters. The molecule has 2 aromatic rings. The molecule has 2 aromatic carbocycles. The molecule has 0 N–H and O–H groups in total. The number of piperazine rings is 1. The lowest BCUT2D eigenvalue weighted by molar-refractivity contribution is 0.373. The Morgan fingerprint density at radius 3 is 2.38 bits per heavy atom. The van der Waals surface area contributed by atoms with Crippen molar-refractivity contribution < 1.29 is 17.5 Å². The van der Waals surface area contributed by atoms with Crippen molar-refractivity contribution in [2.75, 3.05) is 38.2 Å². The molecular weight excluding hydrogens is 355 g/mol. The molecule has 26 heavy (non-hydrogen) atoms. The third-order valence-corrected chi connectivity index (χ3v) is 6.82. The van der Waals surface area contributed by atoms with Gasteiger partial charge in [-0.25, -0.2) is 12.8 Å². The Morgan fingerprint density at radius 1 is 1.04 bits per heavy atom. The smallest absolute Gasteiger partial charge is 0.246 e. The van der Waals surface area contributed by atoms with E-state index < -0.39 is 15.8 Å². The quantitative estimate of drug-likeness (QED) is 0.821. The molecule has 0 amide bonds. The second-order valence-corrected chi connectivity index (χ2v) is 8.31. The number of nitrogens with zero attached hydrogens (tertiary/aromatic N) is 2. The van der Waals surface area contributed by atoms with E-state index in [1.807, 2.05) is 6.07 Å². The van der Waals surface area contributed by atoms with Crippen LogP contribution in [0.1, 0.15) is 11.1 Å². The third kappa shape index (κ3) is 3.41. The first kappa shape index (κ1) is 18.7. The molecule has 1 aliphatic heterocycles. The molecule has 5 nitrogen and oxygen atoms in total. The van der Waals surface area contributed by atoms with Crippen LogP contribution in [0.3, 0.4) is 0 Å². The molecule has 0 radical (unpaired) electrons. The first-order valence-electron chi connectivity index (χ1n) is 8.49. The highest BCUT2D eigenvalue weighted by Crippen LogP contribution is 2.29. The lowest BCUT2D eigenvalue weighted by Crippen LogP contribution is -2.49. The van der Waals surface area contributed by atoms with E-state index in [1.165, 1.54) is 34.7 Å². The summed E-state index contributed by atoms with van der Waals surface area (Å²) in [7, 11) is -2.43. The predicted octanol–water partition coefficient (Wildman–Crippen LogP) is 2.96. The number of rotatable bonds is 4. The first-order valence-corrected chi connectivity index (χ1v) is 9.93. The zero-order valence-corrected chi connectivity index (χ0v) is 16.0. The summed E-state index contributed by atoms with van der Waals surface area (Å²) in [6.07, 6.45) is 0. The van der Waals surface area contributed by atoms with Crippen molar-refractivity contribution in [1.29, 1.82) is 0 Å². The predicted molar refractivity (Wildman–Crippen MR) is 99.8 cm³/mol. The highest BCUT2D eigenvalue weighted by molar-refractivity contribution is 7.89. The van der Waals surface area contributed by atoms with Gasteiger partial charge in [-0.2, -0.15) is 4.31 Å². The standard InChI is InChI=1S/C19H23FN2O3S/c1-14-5-4-6-17(15(14)2)21-9-11-22(12-10-21)26(23,24)19-13-16(20)7-8-18(19)25-3/h4-8,13H,9-12H2,1-3H3. The van der Waals surface area contributed by atoms with E-state index in [0.717, 1.165) is 11.8 Å². The molecule has 3 rings (SSSR count). The summed E-state index contributed by atoms with van der Waals surface area (Å²) in [5, 5.41) is 0. The minimum atomic E-state index is -3.81. The minimum Gasteiger partial charge on any atom is -0.495 e. The lowest BCUT2D eigenvalue weighted by Gasteiger charge is -2.36. The molecular formula is C19H23FN2O3S. The number of methoxy groups -OCH3 is 1. The molecule has 0 bridgehead atoms. The van der Waals surface area contributed by atoms with E-state index in [-0.39, 0.29) is 10.6 Å². The van der Waals surface area contributed by atoms with Crippen LogP contribution in [0.2, 0.25) is 0 Å². The van der Waals surface area contributed by atoms with Gasteiger partial charge in [-0.15, -0.1) is 0 Å². The Labute approximate surface area is 154 Å². The molecule has 1 fully saturated rings. The summed E-state index contributed by atoms with van der Waals surface area (Å²) in [6, 6.07) is 9.69. The molecule has 0 spiro atoms. The van der Waals surface area contributed by atoms with Crippen molar-refractivity contribution >= 4 is 15.7 Å². The zero-order valence-electron chi connectivity index (χ0n) is 15.2. The van der Waals surface area contributed by atoms with E-state index in [9.17, 15) is 12.8 Å². The monoisotopic (exact) mass is 378 g/mol. The van der Waals surface area contributed by atoms with Gasteiger partial charge in [-0.1, -0.05) is 12.1 Å². The van der Waals surface area contributed by atoms with Crippen molar-refractivity contribution in [3.05, 3.63) is 53.3 Å². The Kier molecular flexibility index (Phi) is 5.20. The lowest BCUT2D eigenvalue weighted by atomic mass is 10.1. The number of hydrogen-bond donors (Lipinski definition) is 0. The molecule has 1 heterocycles. The Morgan fingerprint density at radius 2 is 1.73 bits per heavy atom. The molecule has 0 aromatic heterocycles. The van der Waals surface area contributed by atoms with Gasteiger partial charge >= 0.3 is 0 Å². The van der Waals surface area contributed by atoms with Crippen LogP contribution in [0, 0.1) is 19.7 Å². The molecule has 140 valence electrons. The van der Waals surface area contributed by atoms with Crippen molar-refractivity contribution in [3.8, 4) is 5.75 Å². The average Bonchev–Trinajstić information content (AvgIpc) is 2.64. The van der Waals surface area contributed by atoms with E-state index in [0.29, 0.717) is 26.2 Å². The molecule has 0 saturated carbocycles. The van der Waals surface area contributed by atoms with Crippen molar-refractivity contribution in [1.82, 2.24) is 4.31 Å². The summed E-state index contributed by atoms with van der Waals surface area (Å²) in [4.78, 5) is 2.07. The summed E-state index contributed by atoms with van der Waals surface area (Å²) in [5.41, 5.74) is 3.54. The van der Waals surface area contributed by atoms with E-state index >= 15 is 0 Å². The van der Waals surface area contributed by atoms with Crippen LogP contribution in [-0.4, -0.2) is 46.0 Å². The second-order valence-electron chi connectivity index (χ2n) is 6.41.